The first-order valence-electron chi connectivity index (χ1n) is 17.5. The fraction of sp³-hybridized carbons (Fsp3) is 0.152. The van der Waals surface area contributed by atoms with Gasteiger partial charge in [0.2, 0.25) is 0 Å². The van der Waals surface area contributed by atoms with Crippen molar-refractivity contribution in [1.82, 2.24) is 0 Å². The van der Waals surface area contributed by atoms with E-state index in [4.69, 9.17) is 9.47 Å². The molecule has 0 amide bonds. The average molecular weight is 673 g/mol. The van der Waals surface area contributed by atoms with Crippen LogP contribution in [0.3, 0.4) is 0 Å². The van der Waals surface area contributed by atoms with Crippen LogP contribution in [0.4, 0.5) is 34.1 Å². The molecule has 256 valence electrons. The summed E-state index contributed by atoms with van der Waals surface area (Å²) < 4.78 is 10.4. The summed E-state index contributed by atoms with van der Waals surface area (Å²) in [6.45, 7) is 4.60. The van der Waals surface area contributed by atoms with Gasteiger partial charge in [-0.1, -0.05) is 91.5 Å². The Morgan fingerprint density at radius 3 is 1.24 bits per heavy atom. The first kappa shape index (κ1) is 34.9. The number of para-hydroxylation sites is 2. The highest BCUT2D eigenvalue weighted by molar-refractivity contribution is 5.81. The molecule has 51 heavy (non-hydrogen) atoms. The molecule has 6 aromatic carbocycles. The van der Waals surface area contributed by atoms with Crippen molar-refractivity contribution in [3.63, 3.8) is 0 Å². The summed E-state index contributed by atoms with van der Waals surface area (Å²) in [6.07, 6.45) is 4.80. The van der Waals surface area contributed by atoms with E-state index in [0.29, 0.717) is 6.61 Å². The molecule has 6 rings (SSSR count). The Labute approximate surface area is 302 Å². The number of carbonyl (C=O) groups is 1. The highest BCUT2D eigenvalue weighted by Crippen LogP contribution is 2.38. The van der Waals surface area contributed by atoms with E-state index in [9.17, 15) is 4.79 Å². The molecular weight excluding hydrogens is 629 g/mol. The van der Waals surface area contributed by atoms with Gasteiger partial charge in [0.25, 0.3) is 0 Å². The molecule has 0 heterocycles. The molecule has 0 aliphatic rings. The second-order valence-corrected chi connectivity index (χ2v) is 12.3. The van der Waals surface area contributed by atoms with E-state index < -0.39 is 0 Å². The van der Waals surface area contributed by atoms with E-state index in [2.05, 4.69) is 168 Å². The lowest BCUT2D eigenvalue weighted by atomic mass is 10.0. The molecule has 0 aromatic heterocycles. The number of nitrogens with zero attached hydrogens (tertiary/aromatic N) is 2. The summed E-state index contributed by atoms with van der Waals surface area (Å²) in [4.78, 5) is 15.9. The summed E-state index contributed by atoms with van der Waals surface area (Å²) in [5.41, 5.74) is 11.4. The van der Waals surface area contributed by atoms with Crippen LogP contribution in [0.15, 0.2) is 170 Å². The third-order valence-electron chi connectivity index (χ3n) is 8.84. The van der Waals surface area contributed by atoms with E-state index in [1.165, 1.54) is 17.2 Å². The van der Waals surface area contributed by atoms with Crippen molar-refractivity contribution in [2.45, 2.75) is 25.7 Å². The second kappa shape index (κ2) is 17.7. The Hall–Kier alpha value is -5.91. The lowest BCUT2D eigenvalue weighted by Gasteiger charge is -2.26. The molecule has 0 atom stereocenters. The fourth-order valence-corrected chi connectivity index (χ4v) is 6.21. The maximum Gasteiger partial charge on any atom is 0.330 e. The third-order valence-corrected chi connectivity index (χ3v) is 8.84. The summed E-state index contributed by atoms with van der Waals surface area (Å²) in [5.74, 6) is -0.381. The number of rotatable bonds is 16. The molecule has 0 saturated heterocycles. The zero-order chi connectivity index (χ0) is 35.3. The number of hydrogen-bond acceptors (Lipinski definition) is 5. The van der Waals surface area contributed by atoms with Crippen molar-refractivity contribution in [3.05, 3.63) is 182 Å². The van der Waals surface area contributed by atoms with Crippen LogP contribution < -0.4 is 9.80 Å². The molecule has 0 aliphatic carbocycles. The number of ether oxygens (including phenoxy) is 2. The molecule has 0 fully saturated rings. The number of benzene rings is 6. The summed E-state index contributed by atoms with van der Waals surface area (Å²) in [6, 6.07) is 55.9. The van der Waals surface area contributed by atoms with Gasteiger partial charge in [-0.05, 0) is 121 Å². The number of anilines is 6. The standard InChI is InChI=1S/C46H44N2O3/c1-3-46(49)51-35-11-13-37-20-28-43(29-21-37)48(41-16-8-5-9-17-41)45-32-24-39(25-33-45)38-22-30-44(31-23-38)47(40-14-6-4-7-15-40)42-26-18-36(19-27-42)12-10-34-50-2/h3-9,14-33H,1,10-13,34-35H2,2H3. The summed E-state index contributed by atoms with van der Waals surface area (Å²) in [7, 11) is 1.75. The van der Waals surface area contributed by atoms with Crippen molar-refractivity contribution < 1.29 is 14.3 Å². The first-order chi connectivity index (χ1) is 25.1. The van der Waals surface area contributed by atoms with Crippen LogP contribution in [-0.4, -0.2) is 26.3 Å². The topological polar surface area (TPSA) is 42.0 Å². The molecule has 6 aromatic rings. The normalized spacial score (nSPS) is 10.8. The third kappa shape index (κ3) is 9.21. The minimum Gasteiger partial charge on any atom is -0.463 e. The molecule has 5 nitrogen and oxygen atoms in total. The van der Waals surface area contributed by atoms with Gasteiger partial charge in [0, 0.05) is 53.9 Å². The predicted molar refractivity (Wildman–Crippen MR) is 211 cm³/mol. The van der Waals surface area contributed by atoms with Gasteiger partial charge in [-0.2, -0.15) is 0 Å². The molecule has 5 heteroatoms. The zero-order valence-corrected chi connectivity index (χ0v) is 29.2. The number of esters is 1. The zero-order valence-electron chi connectivity index (χ0n) is 29.2. The van der Waals surface area contributed by atoms with Gasteiger partial charge >= 0.3 is 5.97 Å². The van der Waals surface area contributed by atoms with E-state index >= 15 is 0 Å². The van der Waals surface area contributed by atoms with E-state index in [1.54, 1.807) is 7.11 Å². The largest absolute Gasteiger partial charge is 0.463 e. The minimum atomic E-state index is -0.381. The lowest BCUT2D eigenvalue weighted by Crippen LogP contribution is -2.10. The van der Waals surface area contributed by atoms with Crippen LogP contribution in [0, 0.1) is 0 Å². The first-order valence-corrected chi connectivity index (χ1v) is 17.5. The monoisotopic (exact) mass is 672 g/mol. The van der Waals surface area contributed by atoms with Crippen molar-refractivity contribution in [2.75, 3.05) is 30.1 Å². The lowest BCUT2D eigenvalue weighted by molar-refractivity contribution is -0.137. The summed E-state index contributed by atoms with van der Waals surface area (Å²) >= 11 is 0. The molecule has 0 aliphatic heterocycles. The average Bonchev–Trinajstić information content (AvgIpc) is 3.19. The molecule has 0 saturated carbocycles. The number of hydrogen-bond donors (Lipinski definition) is 0. The van der Waals surface area contributed by atoms with Crippen LogP contribution in [0.5, 0.6) is 0 Å². The van der Waals surface area contributed by atoms with Crippen molar-refractivity contribution in [2.24, 2.45) is 0 Å². The van der Waals surface area contributed by atoms with Crippen LogP contribution in [0.1, 0.15) is 24.0 Å². The van der Waals surface area contributed by atoms with Gasteiger partial charge in [0.1, 0.15) is 0 Å². The Balaban J connectivity index is 1.21. The molecule has 0 N–H and O–H groups in total. The minimum absolute atomic E-state index is 0.381. The molecule has 0 unspecified atom stereocenters. The maximum absolute atomic E-state index is 11.3. The summed E-state index contributed by atoms with van der Waals surface area (Å²) in [5, 5.41) is 0. The molecule has 0 spiro atoms. The smallest absolute Gasteiger partial charge is 0.330 e. The molecule has 0 bridgehead atoms. The van der Waals surface area contributed by atoms with Crippen LogP contribution in [0.25, 0.3) is 11.1 Å². The molecular formula is C46H44N2O3. The maximum atomic E-state index is 11.3. The highest BCUT2D eigenvalue weighted by Gasteiger charge is 2.15. The van der Waals surface area contributed by atoms with E-state index in [0.717, 1.165) is 77.5 Å². The van der Waals surface area contributed by atoms with Crippen LogP contribution >= 0.6 is 0 Å². The number of aryl methyl sites for hydroxylation is 2. The van der Waals surface area contributed by atoms with Gasteiger partial charge < -0.3 is 19.3 Å². The quantitative estimate of drug-likeness (QED) is 0.0581. The SMILES string of the molecule is C=CC(=O)OCCCc1ccc(N(c2ccccc2)c2ccc(-c3ccc(N(c4ccccc4)c4ccc(CCCOC)cc4)cc3)cc2)cc1. The van der Waals surface area contributed by atoms with E-state index in [1.807, 2.05) is 6.07 Å². The van der Waals surface area contributed by atoms with Crippen molar-refractivity contribution in [3.8, 4) is 11.1 Å². The Bertz CT molecular complexity index is 1960. The van der Waals surface area contributed by atoms with Crippen LogP contribution in [-0.2, 0) is 27.1 Å². The number of carbonyl (C=O) groups excluding carboxylic acids is 1. The Kier molecular flexibility index (Phi) is 12.1. The van der Waals surface area contributed by atoms with Crippen molar-refractivity contribution in [1.29, 1.82) is 0 Å². The second-order valence-electron chi connectivity index (χ2n) is 12.3. The van der Waals surface area contributed by atoms with Crippen LogP contribution in [0.2, 0.25) is 0 Å². The van der Waals surface area contributed by atoms with Gasteiger partial charge in [0.05, 0.1) is 6.61 Å². The van der Waals surface area contributed by atoms with Gasteiger partial charge in [0.15, 0.2) is 0 Å². The fourth-order valence-electron chi connectivity index (χ4n) is 6.21. The predicted octanol–water partition coefficient (Wildman–Crippen LogP) is 11.5. The number of methoxy groups -OCH3 is 1. The molecule has 0 radical (unpaired) electrons. The Morgan fingerprint density at radius 2 is 0.863 bits per heavy atom. The van der Waals surface area contributed by atoms with Gasteiger partial charge in [-0.15, -0.1) is 0 Å². The highest BCUT2D eigenvalue weighted by atomic mass is 16.5. The Morgan fingerprint density at radius 1 is 0.510 bits per heavy atom. The van der Waals surface area contributed by atoms with E-state index in [-0.39, 0.29) is 5.97 Å². The van der Waals surface area contributed by atoms with Crippen molar-refractivity contribution >= 4 is 40.1 Å². The van der Waals surface area contributed by atoms with Gasteiger partial charge in [-0.25, -0.2) is 4.79 Å². The van der Waals surface area contributed by atoms with Gasteiger partial charge in [-0.3, -0.25) is 0 Å².